The van der Waals surface area contributed by atoms with Gasteiger partial charge in [0.15, 0.2) is 11.6 Å². The van der Waals surface area contributed by atoms with Gasteiger partial charge >= 0.3 is 0 Å². The number of rotatable bonds is 7. The van der Waals surface area contributed by atoms with Crippen molar-refractivity contribution < 1.29 is 13.2 Å². The maximum absolute atomic E-state index is 12.6. The lowest BCUT2D eigenvalue weighted by Gasteiger charge is -2.35. The molecule has 1 aliphatic rings. The molecule has 8 heteroatoms. The fourth-order valence-electron chi connectivity index (χ4n) is 4.20. The van der Waals surface area contributed by atoms with Crippen molar-refractivity contribution in [3.05, 3.63) is 53.6 Å². The lowest BCUT2D eigenvalue weighted by molar-refractivity contribution is 0.101. The first-order valence-corrected chi connectivity index (χ1v) is 13.0. The van der Waals surface area contributed by atoms with E-state index in [1.807, 2.05) is 50.2 Å². The summed E-state index contributed by atoms with van der Waals surface area (Å²) in [5, 5.41) is 0.923. The Morgan fingerprint density at radius 3 is 2.45 bits per heavy atom. The molecule has 1 fully saturated rings. The zero-order valence-corrected chi connectivity index (χ0v) is 20.2. The van der Waals surface area contributed by atoms with Crippen LogP contribution in [-0.2, 0) is 10.0 Å². The number of aromatic nitrogens is 2. The lowest BCUT2D eigenvalue weighted by atomic mass is 10.0. The third-order valence-corrected chi connectivity index (χ3v) is 8.02. The summed E-state index contributed by atoms with van der Waals surface area (Å²) in [4.78, 5) is 24.0. The quantitative estimate of drug-likeness (QED) is 0.488. The van der Waals surface area contributed by atoms with E-state index in [2.05, 4.69) is 4.90 Å². The number of hydrogen-bond donors (Lipinski definition) is 0. The smallest absolute Gasteiger partial charge is 0.214 e. The summed E-state index contributed by atoms with van der Waals surface area (Å²) in [6.45, 7) is 7.54. The summed E-state index contributed by atoms with van der Waals surface area (Å²) in [5.74, 6) is 1.45. The first-order valence-electron chi connectivity index (χ1n) is 11.4. The molecule has 1 aromatic heterocycles. The van der Waals surface area contributed by atoms with Crippen molar-refractivity contribution >= 4 is 32.5 Å². The summed E-state index contributed by atoms with van der Waals surface area (Å²) in [5.41, 5.74) is 3.19. The molecule has 0 radical (unpaired) electrons. The number of ketones is 1. The van der Waals surface area contributed by atoms with E-state index in [4.69, 9.17) is 9.97 Å². The van der Waals surface area contributed by atoms with E-state index in [1.54, 1.807) is 17.3 Å². The standard InChI is InChI=1S/C25H30N4O3S/c1-4-5-16-33(31,32)29-14-12-28(13-15-29)25-22-11-10-18(2)17-23(22)26-24(27-25)21-9-7-6-8-20(21)19(3)30/h6-11,17H,4-5,12-16H2,1-3H3. The normalized spacial score (nSPS) is 15.2. The molecule has 174 valence electrons. The number of carbonyl (C=O) groups is 1. The minimum absolute atomic E-state index is 0.0361. The second kappa shape index (κ2) is 9.57. The second-order valence-electron chi connectivity index (χ2n) is 8.55. The van der Waals surface area contributed by atoms with Crippen molar-refractivity contribution in [1.29, 1.82) is 0 Å². The van der Waals surface area contributed by atoms with Crippen molar-refractivity contribution in [2.75, 3.05) is 36.8 Å². The van der Waals surface area contributed by atoms with Gasteiger partial charge in [-0.15, -0.1) is 0 Å². The van der Waals surface area contributed by atoms with Crippen LogP contribution in [-0.4, -0.2) is 60.4 Å². The van der Waals surface area contributed by atoms with Gasteiger partial charge in [0.2, 0.25) is 10.0 Å². The van der Waals surface area contributed by atoms with Crippen LogP contribution in [0.25, 0.3) is 22.3 Å². The summed E-state index contributed by atoms with van der Waals surface area (Å²) < 4.78 is 26.9. The Bertz CT molecular complexity index is 1280. The molecular formula is C25H30N4O3S. The highest BCUT2D eigenvalue weighted by Gasteiger charge is 2.28. The minimum atomic E-state index is -3.23. The number of fused-ring (bicyclic) bond motifs is 1. The SMILES string of the molecule is CCCCS(=O)(=O)N1CCN(c2nc(-c3ccccc3C(C)=O)nc3cc(C)ccc23)CC1. The van der Waals surface area contributed by atoms with Crippen molar-refractivity contribution in [2.45, 2.75) is 33.6 Å². The number of piperazine rings is 1. The van der Waals surface area contributed by atoms with E-state index < -0.39 is 10.0 Å². The fraction of sp³-hybridized carbons (Fsp3) is 0.400. The van der Waals surface area contributed by atoms with Crippen LogP contribution < -0.4 is 4.90 Å². The predicted octanol–water partition coefficient (Wildman–Crippen LogP) is 4.06. The molecule has 0 aliphatic carbocycles. The monoisotopic (exact) mass is 466 g/mol. The molecular weight excluding hydrogens is 436 g/mol. The van der Waals surface area contributed by atoms with Gasteiger partial charge in [-0.3, -0.25) is 4.79 Å². The number of Topliss-reactive ketones (excluding diaryl/α,β-unsaturated/α-hetero) is 1. The Morgan fingerprint density at radius 1 is 1.03 bits per heavy atom. The number of sulfonamides is 1. The highest BCUT2D eigenvalue weighted by atomic mass is 32.2. The van der Waals surface area contributed by atoms with Crippen LogP contribution in [0.4, 0.5) is 5.82 Å². The van der Waals surface area contributed by atoms with E-state index in [0.29, 0.717) is 49.6 Å². The van der Waals surface area contributed by atoms with Crippen molar-refractivity contribution in [3.63, 3.8) is 0 Å². The third kappa shape index (κ3) is 4.91. The Morgan fingerprint density at radius 2 is 1.76 bits per heavy atom. The average molecular weight is 467 g/mol. The first-order chi connectivity index (χ1) is 15.8. The van der Waals surface area contributed by atoms with Gasteiger partial charge in [0.25, 0.3) is 0 Å². The van der Waals surface area contributed by atoms with Gasteiger partial charge in [-0.1, -0.05) is 43.7 Å². The Hall–Kier alpha value is -2.84. The van der Waals surface area contributed by atoms with Gasteiger partial charge < -0.3 is 4.90 Å². The molecule has 0 amide bonds. The molecule has 33 heavy (non-hydrogen) atoms. The Balaban J connectivity index is 1.72. The average Bonchev–Trinajstić information content (AvgIpc) is 2.82. The molecule has 7 nitrogen and oxygen atoms in total. The predicted molar refractivity (Wildman–Crippen MR) is 132 cm³/mol. The van der Waals surface area contributed by atoms with Crippen molar-refractivity contribution in [3.8, 4) is 11.4 Å². The highest BCUT2D eigenvalue weighted by molar-refractivity contribution is 7.89. The van der Waals surface area contributed by atoms with E-state index >= 15 is 0 Å². The molecule has 0 N–H and O–H groups in total. The molecule has 0 atom stereocenters. The topological polar surface area (TPSA) is 83.5 Å². The minimum Gasteiger partial charge on any atom is -0.353 e. The largest absolute Gasteiger partial charge is 0.353 e. The zero-order valence-electron chi connectivity index (χ0n) is 19.4. The van der Waals surface area contributed by atoms with E-state index in [0.717, 1.165) is 28.7 Å². The number of anilines is 1. The highest BCUT2D eigenvalue weighted by Crippen LogP contribution is 2.30. The molecule has 0 spiro atoms. The molecule has 1 saturated heterocycles. The van der Waals surface area contributed by atoms with E-state index in [1.165, 1.54) is 0 Å². The van der Waals surface area contributed by atoms with E-state index in [-0.39, 0.29) is 11.5 Å². The number of unbranched alkanes of at least 4 members (excludes halogenated alkanes) is 1. The molecule has 1 aliphatic heterocycles. The zero-order chi connectivity index (χ0) is 23.6. The van der Waals surface area contributed by atoms with Crippen LogP contribution in [0.2, 0.25) is 0 Å². The number of nitrogens with zero attached hydrogens (tertiary/aromatic N) is 4. The number of hydrogen-bond acceptors (Lipinski definition) is 6. The molecule has 4 rings (SSSR count). The van der Waals surface area contributed by atoms with Gasteiger partial charge in [0.1, 0.15) is 5.82 Å². The molecule has 2 heterocycles. The van der Waals surface area contributed by atoms with Gasteiger partial charge in [-0.2, -0.15) is 4.31 Å². The Labute approximate surface area is 195 Å². The second-order valence-corrected chi connectivity index (χ2v) is 10.6. The van der Waals surface area contributed by atoms with Crippen molar-refractivity contribution in [2.24, 2.45) is 0 Å². The van der Waals surface area contributed by atoms with Gasteiger partial charge in [-0.25, -0.2) is 18.4 Å². The lowest BCUT2D eigenvalue weighted by Crippen LogP contribution is -2.49. The maximum Gasteiger partial charge on any atom is 0.214 e. The van der Waals surface area contributed by atoms with Crippen LogP contribution in [0.3, 0.4) is 0 Å². The fourth-order valence-corrected chi connectivity index (χ4v) is 5.83. The van der Waals surface area contributed by atoms with Crippen LogP contribution >= 0.6 is 0 Å². The van der Waals surface area contributed by atoms with Gasteiger partial charge in [-0.05, 0) is 38.0 Å². The third-order valence-electron chi connectivity index (χ3n) is 6.07. The Kier molecular flexibility index (Phi) is 6.76. The summed E-state index contributed by atoms with van der Waals surface area (Å²) in [6, 6.07) is 13.5. The van der Waals surface area contributed by atoms with Crippen LogP contribution in [0.5, 0.6) is 0 Å². The summed E-state index contributed by atoms with van der Waals surface area (Å²) in [7, 11) is -3.23. The summed E-state index contributed by atoms with van der Waals surface area (Å²) >= 11 is 0. The summed E-state index contributed by atoms with van der Waals surface area (Å²) in [6.07, 6.45) is 1.54. The maximum atomic E-state index is 12.6. The molecule has 2 aromatic carbocycles. The van der Waals surface area contributed by atoms with Crippen molar-refractivity contribution in [1.82, 2.24) is 14.3 Å². The number of benzene rings is 2. The molecule has 0 unspecified atom stereocenters. The number of carbonyl (C=O) groups excluding carboxylic acids is 1. The van der Waals surface area contributed by atoms with Crippen LogP contribution in [0, 0.1) is 6.92 Å². The van der Waals surface area contributed by atoms with Gasteiger partial charge in [0, 0.05) is 42.7 Å². The molecule has 0 saturated carbocycles. The molecule has 3 aromatic rings. The first kappa shape index (κ1) is 23.3. The number of aryl methyl sites for hydroxylation is 1. The molecule has 0 bridgehead atoms. The van der Waals surface area contributed by atoms with Gasteiger partial charge in [0.05, 0.1) is 11.3 Å². The van der Waals surface area contributed by atoms with E-state index in [9.17, 15) is 13.2 Å². The van der Waals surface area contributed by atoms with Crippen LogP contribution in [0.15, 0.2) is 42.5 Å². The van der Waals surface area contributed by atoms with Crippen LogP contribution in [0.1, 0.15) is 42.6 Å².